The van der Waals surface area contributed by atoms with Crippen molar-refractivity contribution < 1.29 is 13.2 Å². The molecule has 3 aromatic heterocycles. The molecule has 9 heteroatoms. The SMILES string of the molecule is COc1ccnc(CCc2nc3ncc(-c4ccc(NS(=O)(=O)c5ccccc5)cc4)cc3[nH]2)c1. The lowest BCUT2D eigenvalue weighted by molar-refractivity contribution is 0.413. The van der Waals surface area contributed by atoms with Crippen molar-refractivity contribution in [3.05, 3.63) is 96.7 Å². The van der Waals surface area contributed by atoms with Crippen LogP contribution in [0.5, 0.6) is 5.75 Å². The van der Waals surface area contributed by atoms with Gasteiger partial charge >= 0.3 is 0 Å². The van der Waals surface area contributed by atoms with E-state index in [0.29, 0.717) is 17.8 Å². The van der Waals surface area contributed by atoms with E-state index in [1.165, 1.54) is 0 Å². The van der Waals surface area contributed by atoms with Gasteiger partial charge in [0.2, 0.25) is 0 Å². The summed E-state index contributed by atoms with van der Waals surface area (Å²) in [5.41, 5.74) is 4.72. The van der Waals surface area contributed by atoms with Gasteiger partial charge in [0.25, 0.3) is 10.0 Å². The molecule has 2 aromatic carbocycles. The minimum atomic E-state index is -3.63. The number of aryl methyl sites for hydroxylation is 2. The van der Waals surface area contributed by atoms with E-state index >= 15 is 0 Å². The molecule has 0 radical (unpaired) electrons. The highest BCUT2D eigenvalue weighted by Gasteiger charge is 2.13. The summed E-state index contributed by atoms with van der Waals surface area (Å²) < 4.78 is 32.9. The third kappa shape index (κ3) is 5.15. The Kier molecular flexibility index (Phi) is 6.15. The number of pyridine rings is 2. The van der Waals surface area contributed by atoms with Crippen LogP contribution < -0.4 is 9.46 Å². The lowest BCUT2D eigenvalue weighted by Crippen LogP contribution is -2.12. The standard InChI is InChI=1S/C26H23N5O3S/c1-34-22-13-14-27-21(16-22)11-12-25-29-24-15-19(17-28-26(24)30-25)18-7-9-20(10-8-18)31-35(32,33)23-5-3-2-4-6-23/h2-10,13-17,31H,11-12H2,1H3,(H,28,29,30). The van der Waals surface area contributed by atoms with Gasteiger partial charge in [-0.05, 0) is 48.4 Å². The number of nitrogens with zero attached hydrogens (tertiary/aromatic N) is 3. The largest absolute Gasteiger partial charge is 0.497 e. The van der Waals surface area contributed by atoms with Crippen molar-refractivity contribution in [2.75, 3.05) is 11.8 Å². The number of benzene rings is 2. The molecule has 0 fully saturated rings. The quantitative estimate of drug-likeness (QED) is 0.332. The van der Waals surface area contributed by atoms with Gasteiger partial charge in [-0.15, -0.1) is 0 Å². The van der Waals surface area contributed by atoms with Crippen molar-refractivity contribution in [1.29, 1.82) is 0 Å². The van der Waals surface area contributed by atoms with Gasteiger partial charge in [0.05, 0.1) is 17.5 Å². The summed E-state index contributed by atoms with van der Waals surface area (Å²) in [6.45, 7) is 0. The second kappa shape index (κ2) is 9.55. The monoisotopic (exact) mass is 485 g/mol. The van der Waals surface area contributed by atoms with E-state index in [1.807, 2.05) is 30.3 Å². The van der Waals surface area contributed by atoms with E-state index < -0.39 is 10.0 Å². The smallest absolute Gasteiger partial charge is 0.261 e. The van der Waals surface area contributed by atoms with Crippen molar-refractivity contribution in [3.63, 3.8) is 0 Å². The summed E-state index contributed by atoms with van der Waals surface area (Å²) >= 11 is 0. The molecule has 8 nitrogen and oxygen atoms in total. The maximum absolute atomic E-state index is 12.5. The van der Waals surface area contributed by atoms with Gasteiger partial charge < -0.3 is 9.72 Å². The van der Waals surface area contributed by atoms with E-state index in [-0.39, 0.29) is 4.90 Å². The highest BCUT2D eigenvalue weighted by atomic mass is 32.2. The Morgan fingerprint density at radius 2 is 1.71 bits per heavy atom. The highest BCUT2D eigenvalue weighted by Crippen LogP contribution is 2.25. The third-order valence-corrected chi connectivity index (χ3v) is 6.95. The Morgan fingerprint density at radius 3 is 2.49 bits per heavy atom. The zero-order valence-electron chi connectivity index (χ0n) is 19.0. The molecule has 35 heavy (non-hydrogen) atoms. The Balaban J connectivity index is 1.30. The van der Waals surface area contributed by atoms with Crippen LogP contribution in [0.4, 0.5) is 5.69 Å². The van der Waals surface area contributed by atoms with Crippen molar-refractivity contribution in [3.8, 4) is 16.9 Å². The molecule has 0 aliphatic rings. The van der Waals surface area contributed by atoms with E-state index in [0.717, 1.165) is 40.3 Å². The molecule has 0 atom stereocenters. The van der Waals surface area contributed by atoms with Gasteiger partial charge in [-0.3, -0.25) is 9.71 Å². The Hall–Kier alpha value is -4.24. The predicted molar refractivity (Wildman–Crippen MR) is 135 cm³/mol. The lowest BCUT2D eigenvalue weighted by atomic mass is 10.1. The Bertz CT molecular complexity index is 1570. The average Bonchev–Trinajstić information content (AvgIpc) is 3.31. The fourth-order valence-corrected chi connectivity index (χ4v) is 4.82. The number of fused-ring (bicyclic) bond motifs is 1. The lowest BCUT2D eigenvalue weighted by Gasteiger charge is -2.09. The number of nitrogens with one attached hydrogen (secondary N) is 2. The van der Waals surface area contributed by atoms with E-state index in [1.54, 1.807) is 62.0 Å². The molecule has 5 aromatic rings. The number of hydrogen-bond donors (Lipinski definition) is 2. The first-order valence-electron chi connectivity index (χ1n) is 11.0. The fourth-order valence-electron chi connectivity index (χ4n) is 3.74. The van der Waals surface area contributed by atoms with Crippen LogP contribution in [0.1, 0.15) is 11.5 Å². The second-order valence-corrected chi connectivity index (χ2v) is 9.64. The average molecular weight is 486 g/mol. The van der Waals surface area contributed by atoms with Crippen molar-refractivity contribution >= 4 is 26.9 Å². The zero-order valence-corrected chi connectivity index (χ0v) is 19.8. The normalized spacial score (nSPS) is 11.5. The number of aromatic nitrogens is 4. The van der Waals surface area contributed by atoms with Crippen LogP contribution in [-0.2, 0) is 22.9 Å². The molecule has 0 aliphatic carbocycles. The number of anilines is 1. The number of rotatable bonds is 8. The third-order valence-electron chi connectivity index (χ3n) is 5.55. The molecule has 2 N–H and O–H groups in total. The summed E-state index contributed by atoms with van der Waals surface area (Å²) in [7, 11) is -2.00. The van der Waals surface area contributed by atoms with Crippen molar-refractivity contribution in [2.45, 2.75) is 17.7 Å². The highest BCUT2D eigenvalue weighted by molar-refractivity contribution is 7.92. The van der Waals surface area contributed by atoms with Crippen LogP contribution in [0, 0.1) is 0 Å². The van der Waals surface area contributed by atoms with Gasteiger partial charge in [0.1, 0.15) is 11.6 Å². The predicted octanol–water partition coefficient (Wildman–Crippen LogP) is 4.61. The van der Waals surface area contributed by atoms with E-state index in [2.05, 4.69) is 24.7 Å². The van der Waals surface area contributed by atoms with Crippen molar-refractivity contribution in [1.82, 2.24) is 19.9 Å². The molecule has 176 valence electrons. The zero-order chi connectivity index (χ0) is 24.3. The number of H-pyrrole nitrogens is 1. The molecule has 0 spiro atoms. The number of aromatic amines is 1. The molecular weight excluding hydrogens is 462 g/mol. The Labute approximate surface area is 203 Å². The first kappa shape index (κ1) is 22.5. The molecule has 0 aliphatic heterocycles. The van der Waals surface area contributed by atoms with Gasteiger partial charge in [-0.25, -0.2) is 18.4 Å². The first-order valence-corrected chi connectivity index (χ1v) is 12.5. The molecular formula is C26H23N5O3S. The Morgan fingerprint density at radius 1 is 0.914 bits per heavy atom. The summed E-state index contributed by atoms with van der Waals surface area (Å²) in [6.07, 6.45) is 4.92. The maximum atomic E-state index is 12.5. The number of imidazole rings is 1. The topological polar surface area (TPSA) is 110 Å². The minimum Gasteiger partial charge on any atom is -0.497 e. The van der Waals surface area contributed by atoms with Crippen LogP contribution >= 0.6 is 0 Å². The molecule has 0 amide bonds. The van der Waals surface area contributed by atoms with E-state index in [4.69, 9.17) is 4.74 Å². The molecule has 0 saturated carbocycles. The number of methoxy groups -OCH3 is 1. The number of hydrogen-bond acceptors (Lipinski definition) is 6. The van der Waals surface area contributed by atoms with Crippen LogP contribution in [0.25, 0.3) is 22.3 Å². The summed E-state index contributed by atoms with van der Waals surface area (Å²) in [5, 5.41) is 0. The first-order chi connectivity index (χ1) is 17.0. The molecule has 5 rings (SSSR count). The number of ether oxygens (including phenoxy) is 1. The van der Waals surface area contributed by atoms with Crippen LogP contribution in [-0.4, -0.2) is 35.5 Å². The van der Waals surface area contributed by atoms with Gasteiger partial charge in [-0.1, -0.05) is 30.3 Å². The minimum absolute atomic E-state index is 0.218. The second-order valence-electron chi connectivity index (χ2n) is 7.96. The molecule has 0 saturated heterocycles. The summed E-state index contributed by atoms with van der Waals surface area (Å²) in [6, 6.07) is 21.2. The van der Waals surface area contributed by atoms with Gasteiger partial charge in [-0.2, -0.15) is 0 Å². The van der Waals surface area contributed by atoms with Crippen LogP contribution in [0.2, 0.25) is 0 Å². The van der Waals surface area contributed by atoms with Crippen LogP contribution in [0.15, 0.2) is 90.1 Å². The number of sulfonamides is 1. The molecule has 0 unspecified atom stereocenters. The van der Waals surface area contributed by atoms with Gasteiger partial charge in [0, 0.05) is 41.8 Å². The van der Waals surface area contributed by atoms with Crippen molar-refractivity contribution in [2.24, 2.45) is 0 Å². The maximum Gasteiger partial charge on any atom is 0.261 e. The van der Waals surface area contributed by atoms with E-state index in [9.17, 15) is 8.42 Å². The summed E-state index contributed by atoms with van der Waals surface area (Å²) in [5.74, 6) is 1.62. The molecule has 0 bridgehead atoms. The van der Waals surface area contributed by atoms with Gasteiger partial charge in [0.15, 0.2) is 5.65 Å². The fraction of sp³-hybridized carbons (Fsp3) is 0.115. The summed E-state index contributed by atoms with van der Waals surface area (Å²) in [4.78, 5) is 17.0. The molecule has 3 heterocycles. The van der Waals surface area contributed by atoms with Crippen LogP contribution in [0.3, 0.4) is 0 Å².